The van der Waals surface area contributed by atoms with Gasteiger partial charge in [-0.15, -0.1) is 11.3 Å². The number of benzene rings is 1. The second kappa shape index (κ2) is 11.0. The molecule has 3 rings (SSSR count). The molecule has 0 spiro atoms. The summed E-state index contributed by atoms with van der Waals surface area (Å²) in [4.78, 5) is 30.6. The Kier molecular flexibility index (Phi) is 8.16. The first-order chi connectivity index (χ1) is 15.0. The molecule has 2 heterocycles. The van der Waals surface area contributed by atoms with Gasteiger partial charge < -0.3 is 18.9 Å². The van der Waals surface area contributed by atoms with Crippen molar-refractivity contribution in [2.24, 2.45) is 0 Å². The van der Waals surface area contributed by atoms with Gasteiger partial charge in [0.15, 0.2) is 0 Å². The van der Waals surface area contributed by atoms with Crippen LogP contribution in [0, 0.1) is 6.92 Å². The molecule has 2 aromatic heterocycles. The van der Waals surface area contributed by atoms with Gasteiger partial charge in [0, 0.05) is 17.6 Å². The van der Waals surface area contributed by atoms with E-state index in [0.29, 0.717) is 35.9 Å². The number of esters is 1. The number of aryl methyl sites for hydroxylation is 1. The first kappa shape index (κ1) is 22.9. The highest BCUT2D eigenvalue weighted by Gasteiger charge is 2.17. The Morgan fingerprint density at radius 1 is 1.10 bits per heavy atom. The predicted molar refractivity (Wildman–Crippen MR) is 119 cm³/mol. The van der Waals surface area contributed by atoms with Crippen molar-refractivity contribution in [3.63, 3.8) is 0 Å². The van der Waals surface area contributed by atoms with Crippen LogP contribution in [0.4, 0.5) is 0 Å². The van der Waals surface area contributed by atoms with Crippen molar-refractivity contribution in [3.8, 4) is 16.9 Å². The maximum absolute atomic E-state index is 13.2. The number of thiophene rings is 1. The number of ether oxygens (including phenoxy) is 4. The fourth-order valence-corrected chi connectivity index (χ4v) is 4.03. The van der Waals surface area contributed by atoms with Crippen molar-refractivity contribution in [1.29, 1.82) is 0 Å². The van der Waals surface area contributed by atoms with E-state index in [1.54, 1.807) is 14.0 Å². The van der Waals surface area contributed by atoms with Crippen LogP contribution in [0.5, 0.6) is 5.75 Å². The molecule has 9 heteroatoms. The van der Waals surface area contributed by atoms with E-state index >= 15 is 0 Å². The molecular weight excluding hydrogens is 420 g/mol. The zero-order valence-corrected chi connectivity index (χ0v) is 18.7. The van der Waals surface area contributed by atoms with Gasteiger partial charge in [0.25, 0.3) is 5.56 Å². The molecule has 0 aliphatic heterocycles. The highest BCUT2D eigenvalue weighted by molar-refractivity contribution is 7.17. The molecule has 8 nitrogen and oxygen atoms in total. The zero-order valence-electron chi connectivity index (χ0n) is 17.9. The van der Waals surface area contributed by atoms with E-state index in [1.165, 1.54) is 15.9 Å². The van der Waals surface area contributed by atoms with Crippen LogP contribution < -0.4 is 10.3 Å². The number of aromatic nitrogens is 2. The summed E-state index contributed by atoms with van der Waals surface area (Å²) in [7, 11) is 1.60. The molecule has 166 valence electrons. The van der Waals surface area contributed by atoms with Gasteiger partial charge in [0.1, 0.15) is 29.6 Å². The molecular formula is C22H26N2O6S. The van der Waals surface area contributed by atoms with Gasteiger partial charge in [-0.25, -0.2) is 4.98 Å². The first-order valence-electron chi connectivity index (χ1n) is 9.99. The van der Waals surface area contributed by atoms with Gasteiger partial charge >= 0.3 is 5.97 Å². The molecule has 0 bridgehead atoms. The highest BCUT2D eigenvalue weighted by Crippen LogP contribution is 2.31. The molecule has 1 aromatic carbocycles. The summed E-state index contributed by atoms with van der Waals surface area (Å²) in [6.07, 6.45) is 0. The second-order valence-electron chi connectivity index (χ2n) is 6.64. The average molecular weight is 447 g/mol. The topological polar surface area (TPSA) is 88.9 Å². The van der Waals surface area contributed by atoms with Gasteiger partial charge in [-0.05, 0) is 31.5 Å². The van der Waals surface area contributed by atoms with Crippen molar-refractivity contribution >= 4 is 27.5 Å². The van der Waals surface area contributed by atoms with Crippen molar-refractivity contribution in [2.45, 2.75) is 20.4 Å². The summed E-state index contributed by atoms with van der Waals surface area (Å²) < 4.78 is 22.2. The lowest BCUT2D eigenvalue weighted by Gasteiger charge is -2.10. The van der Waals surface area contributed by atoms with E-state index in [2.05, 4.69) is 4.98 Å². The summed E-state index contributed by atoms with van der Waals surface area (Å²) in [6.45, 7) is 5.38. The summed E-state index contributed by atoms with van der Waals surface area (Å²) in [5.41, 5.74) is 1.40. The van der Waals surface area contributed by atoms with Crippen LogP contribution in [-0.2, 0) is 25.5 Å². The van der Waals surface area contributed by atoms with Crippen LogP contribution in [0.15, 0.2) is 34.4 Å². The Balaban J connectivity index is 1.72. The Morgan fingerprint density at radius 3 is 2.52 bits per heavy atom. The van der Waals surface area contributed by atoms with E-state index in [1.807, 2.05) is 36.6 Å². The summed E-state index contributed by atoms with van der Waals surface area (Å²) in [5.74, 6) is 0.686. The van der Waals surface area contributed by atoms with Gasteiger partial charge in [0.05, 0.1) is 32.3 Å². The fourth-order valence-electron chi connectivity index (χ4n) is 3.05. The van der Waals surface area contributed by atoms with Gasteiger partial charge in [0.2, 0.25) is 0 Å². The van der Waals surface area contributed by atoms with Crippen molar-refractivity contribution in [1.82, 2.24) is 9.55 Å². The third-order valence-electron chi connectivity index (χ3n) is 4.64. The Morgan fingerprint density at radius 2 is 1.81 bits per heavy atom. The Labute approximate surface area is 184 Å². The maximum Gasteiger partial charge on any atom is 0.326 e. The fraction of sp³-hybridized carbons (Fsp3) is 0.409. The number of carbonyl (C=O) groups excluding carboxylic acids is 1. The third kappa shape index (κ3) is 5.69. The van der Waals surface area contributed by atoms with Crippen LogP contribution in [0.25, 0.3) is 21.3 Å². The number of methoxy groups -OCH3 is 1. The molecule has 0 unspecified atom stereocenters. The molecule has 0 fully saturated rings. The quantitative estimate of drug-likeness (QED) is 0.330. The highest BCUT2D eigenvalue weighted by atomic mass is 32.1. The standard InChI is InChI=1S/C22H26N2O6S/c1-4-28-9-10-29-11-12-30-19(25)13-24-15(2)23-21-20(22(24)26)18(14-31-21)16-5-7-17(27-3)8-6-16/h5-8,14H,4,9-13H2,1-3H3. The minimum Gasteiger partial charge on any atom is -0.497 e. The van der Waals surface area contributed by atoms with Crippen LogP contribution in [0.1, 0.15) is 12.7 Å². The first-order valence-corrected chi connectivity index (χ1v) is 10.9. The maximum atomic E-state index is 13.2. The van der Waals surface area contributed by atoms with Crippen LogP contribution >= 0.6 is 11.3 Å². The minimum atomic E-state index is -0.513. The normalized spacial score (nSPS) is 11.1. The molecule has 0 radical (unpaired) electrons. The monoisotopic (exact) mass is 446 g/mol. The van der Waals surface area contributed by atoms with Gasteiger partial charge in [-0.1, -0.05) is 12.1 Å². The third-order valence-corrected chi connectivity index (χ3v) is 5.51. The van der Waals surface area contributed by atoms with E-state index in [-0.39, 0.29) is 25.3 Å². The lowest BCUT2D eigenvalue weighted by atomic mass is 10.1. The predicted octanol–water partition coefficient (Wildman–Crippen LogP) is 3.04. The number of carbonyl (C=O) groups is 1. The number of hydrogen-bond acceptors (Lipinski definition) is 8. The average Bonchev–Trinajstić information content (AvgIpc) is 3.20. The van der Waals surface area contributed by atoms with Crippen molar-refractivity contribution in [3.05, 3.63) is 45.8 Å². The summed E-state index contributed by atoms with van der Waals surface area (Å²) in [5, 5.41) is 2.40. The van der Waals surface area contributed by atoms with Gasteiger partial charge in [-0.3, -0.25) is 14.2 Å². The van der Waals surface area contributed by atoms with E-state index in [4.69, 9.17) is 18.9 Å². The molecule has 0 saturated heterocycles. The summed E-state index contributed by atoms with van der Waals surface area (Å²) >= 11 is 1.40. The number of nitrogens with zero attached hydrogens (tertiary/aromatic N) is 2. The Bertz CT molecular complexity index is 1070. The molecule has 0 amide bonds. The van der Waals surface area contributed by atoms with Crippen molar-refractivity contribution < 1.29 is 23.7 Å². The van der Waals surface area contributed by atoms with E-state index < -0.39 is 5.97 Å². The molecule has 0 N–H and O–H groups in total. The van der Waals surface area contributed by atoms with Crippen LogP contribution in [-0.4, -0.2) is 55.7 Å². The van der Waals surface area contributed by atoms with Crippen LogP contribution in [0.2, 0.25) is 0 Å². The SMILES string of the molecule is CCOCCOCCOC(=O)Cn1c(C)nc2scc(-c3ccc(OC)cc3)c2c1=O. The molecule has 3 aromatic rings. The zero-order chi connectivity index (χ0) is 22.2. The smallest absolute Gasteiger partial charge is 0.326 e. The Hall–Kier alpha value is -2.75. The molecule has 0 atom stereocenters. The van der Waals surface area contributed by atoms with Crippen LogP contribution in [0.3, 0.4) is 0 Å². The number of rotatable bonds is 11. The second-order valence-corrected chi connectivity index (χ2v) is 7.50. The molecule has 0 aliphatic rings. The van der Waals surface area contributed by atoms with Crippen molar-refractivity contribution in [2.75, 3.05) is 40.1 Å². The minimum absolute atomic E-state index is 0.115. The lowest BCUT2D eigenvalue weighted by Crippen LogP contribution is -2.28. The molecule has 0 saturated carbocycles. The molecule has 0 aliphatic carbocycles. The number of hydrogen-bond donors (Lipinski definition) is 0. The summed E-state index contributed by atoms with van der Waals surface area (Å²) in [6, 6.07) is 7.47. The van der Waals surface area contributed by atoms with Gasteiger partial charge in [-0.2, -0.15) is 0 Å². The largest absolute Gasteiger partial charge is 0.497 e. The molecule has 31 heavy (non-hydrogen) atoms. The van der Waals surface area contributed by atoms with E-state index in [0.717, 1.165) is 16.9 Å². The number of fused-ring (bicyclic) bond motifs is 1. The van der Waals surface area contributed by atoms with E-state index in [9.17, 15) is 9.59 Å². The lowest BCUT2D eigenvalue weighted by molar-refractivity contribution is -0.146.